The Hall–Kier alpha value is -1.51. The Morgan fingerprint density at radius 1 is 1.22 bits per heavy atom. The lowest BCUT2D eigenvalue weighted by molar-refractivity contribution is 0.00494. The summed E-state index contributed by atoms with van der Waals surface area (Å²) in [6, 6.07) is 8.49. The molecule has 126 valence electrons. The van der Waals surface area contributed by atoms with E-state index in [-0.39, 0.29) is 18.2 Å². The molecule has 1 aromatic rings. The highest BCUT2D eigenvalue weighted by Gasteiger charge is 2.34. The average molecular weight is 315 g/mol. The predicted octanol–water partition coefficient (Wildman–Crippen LogP) is 4.86. The summed E-state index contributed by atoms with van der Waals surface area (Å²) >= 11 is 0. The third-order valence-electron chi connectivity index (χ3n) is 5.64. The van der Waals surface area contributed by atoms with Crippen molar-refractivity contribution in [2.24, 2.45) is 17.8 Å². The van der Waals surface area contributed by atoms with Crippen LogP contribution in [0.25, 0.3) is 0 Å². The van der Waals surface area contributed by atoms with Gasteiger partial charge in [0.2, 0.25) is 0 Å². The van der Waals surface area contributed by atoms with Gasteiger partial charge in [0.1, 0.15) is 6.10 Å². The minimum absolute atomic E-state index is 0.0652. The molecule has 0 heterocycles. The molecule has 0 saturated heterocycles. The lowest BCUT2D eigenvalue weighted by atomic mass is 9.75. The van der Waals surface area contributed by atoms with Gasteiger partial charge in [0.15, 0.2) is 0 Å². The third kappa shape index (κ3) is 3.70. The zero-order chi connectivity index (χ0) is 16.4. The van der Waals surface area contributed by atoms with Crippen molar-refractivity contribution in [1.29, 1.82) is 0 Å². The molecule has 3 heteroatoms. The number of ether oxygens (including phenoxy) is 1. The maximum Gasteiger partial charge on any atom is 0.407 e. The van der Waals surface area contributed by atoms with Crippen LogP contribution in [0.15, 0.2) is 24.3 Å². The van der Waals surface area contributed by atoms with Crippen molar-refractivity contribution < 1.29 is 9.53 Å². The van der Waals surface area contributed by atoms with Crippen molar-refractivity contribution in [2.45, 2.75) is 65.0 Å². The van der Waals surface area contributed by atoms with Crippen LogP contribution in [0.1, 0.15) is 63.6 Å². The largest absolute Gasteiger partial charge is 0.446 e. The first-order valence-electron chi connectivity index (χ1n) is 9.09. The van der Waals surface area contributed by atoms with Crippen molar-refractivity contribution in [3.63, 3.8) is 0 Å². The van der Waals surface area contributed by atoms with Crippen LogP contribution in [0.3, 0.4) is 0 Å². The molecule has 0 bridgehead atoms. The minimum Gasteiger partial charge on any atom is -0.446 e. The molecular formula is C20H29NO2. The van der Waals surface area contributed by atoms with Gasteiger partial charge in [-0.05, 0) is 54.6 Å². The molecule has 3 rings (SSSR count). The molecule has 1 N–H and O–H groups in total. The zero-order valence-electron chi connectivity index (χ0n) is 14.5. The molecule has 1 aromatic carbocycles. The van der Waals surface area contributed by atoms with Gasteiger partial charge in [-0.25, -0.2) is 4.79 Å². The molecular weight excluding hydrogens is 286 g/mol. The van der Waals surface area contributed by atoms with Crippen LogP contribution in [-0.2, 0) is 11.2 Å². The van der Waals surface area contributed by atoms with Crippen molar-refractivity contribution in [2.75, 3.05) is 0 Å². The summed E-state index contributed by atoms with van der Waals surface area (Å²) in [6.45, 7) is 6.74. The van der Waals surface area contributed by atoms with Gasteiger partial charge in [-0.2, -0.15) is 0 Å². The molecule has 23 heavy (non-hydrogen) atoms. The zero-order valence-corrected chi connectivity index (χ0v) is 14.5. The number of benzene rings is 1. The van der Waals surface area contributed by atoms with Gasteiger partial charge in [0.05, 0.1) is 6.04 Å². The van der Waals surface area contributed by atoms with Gasteiger partial charge in [0, 0.05) is 0 Å². The lowest BCUT2D eigenvalue weighted by Crippen LogP contribution is -2.39. The molecule has 0 spiro atoms. The number of carbonyl (C=O) groups excluding carboxylic acids is 1. The highest BCUT2D eigenvalue weighted by Crippen LogP contribution is 2.36. The number of alkyl carbamates (subject to hydrolysis) is 1. The van der Waals surface area contributed by atoms with Crippen LogP contribution in [0.2, 0.25) is 0 Å². The summed E-state index contributed by atoms with van der Waals surface area (Å²) in [6.07, 6.45) is 5.26. The fraction of sp³-hybridized carbons (Fsp3) is 0.650. The van der Waals surface area contributed by atoms with Crippen LogP contribution in [0, 0.1) is 17.8 Å². The number of carbonyl (C=O) groups is 1. The Morgan fingerprint density at radius 2 is 2.00 bits per heavy atom. The second-order valence-corrected chi connectivity index (χ2v) is 7.70. The van der Waals surface area contributed by atoms with E-state index >= 15 is 0 Å². The van der Waals surface area contributed by atoms with Crippen LogP contribution >= 0.6 is 0 Å². The van der Waals surface area contributed by atoms with E-state index in [1.807, 2.05) is 6.07 Å². The molecule has 4 atom stereocenters. The van der Waals surface area contributed by atoms with Crippen molar-refractivity contribution in [3.05, 3.63) is 35.4 Å². The minimum atomic E-state index is -0.239. The molecule has 0 unspecified atom stereocenters. The van der Waals surface area contributed by atoms with E-state index in [4.69, 9.17) is 4.74 Å². The van der Waals surface area contributed by atoms with E-state index < -0.39 is 0 Å². The highest BCUT2D eigenvalue weighted by molar-refractivity contribution is 5.68. The number of hydrogen-bond acceptors (Lipinski definition) is 2. The summed E-state index contributed by atoms with van der Waals surface area (Å²) in [4.78, 5) is 12.4. The number of fused-ring (bicyclic) bond motifs is 1. The summed E-state index contributed by atoms with van der Waals surface area (Å²) < 4.78 is 5.86. The first-order valence-corrected chi connectivity index (χ1v) is 9.09. The summed E-state index contributed by atoms with van der Waals surface area (Å²) in [5.74, 6) is 1.70. The predicted molar refractivity (Wildman–Crippen MR) is 92.3 cm³/mol. The van der Waals surface area contributed by atoms with E-state index in [1.54, 1.807) is 0 Å². The van der Waals surface area contributed by atoms with Crippen molar-refractivity contribution in [3.8, 4) is 0 Å². The standard InChI is InChI=1S/C20H29NO2/c1-13(2)16-10-8-14(3)12-19(16)23-20(22)21-18-11-9-15-6-4-5-7-17(15)18/h4-7,13-14,16,18-19H,8-12H2,1-3H3,(H,21,22)/t14-,16+,18-,19-/m1/s1. The Balaban J connectivity index is 1.60. The van der Waals surface area contributed by atoms with E-state index in [1.165, 1.54) is 24.0 Å². The molecule has 2 aliphatic rings. The molecule has 0 aromatic heterocycles. The van der Waals surface area contributed by atoms with Crippen molar-refractivity contribution >= 4 is 6.09 Å². The second kappa shape index (κ2) is 6.94. The monoisotopic (exact) mass is 315 g/mol. The molecule has 0 aliphatic heterocycles. The number of amides is 1. The first kappa shape index (κ1) is 16.4. The SMILES string of the molecule is CC(C)[C@@H]1CC[C@@H](C)C[C@H]1OC(=O)N[C@@H]1CCc2ccccc21. The van der Waals surface area contributed by atoms with Gasteiger partial charge in [-0.3, -0.25) is 0 Å². The molecule has 2 aliphatic carbocycles. The Bertz CT molecular complexity index is 554. The number of rotatable bonds is 3. The highest BCUT2D eigenvalue weighted by atomic mass is 16.6. The maximum absolute atomic E-state index is 12.4. The normalized spacial score (nSPS) is 30.1. The van der Waals surface area contributed by atoms with Crippen molar-refractivity contribution in [1.82, 2.24) is 5.32 Å². The fourth-order valence-electron chi connectivity index (χ4n) is 4.27. The fourth-order valence-corrected chi connectivity index (χ4v) is 4.27. The van der Waals surface area contributed by atoms with Crippen LogP contribution in [0.5, 0.6) is 0 Å². The first-order chi connectivity index (χ1) is 11.0. The van der Waals surface area contributed by atoms with E-state index in [2.05, 4.69) is 44.3 Å². The van der Waals surface area contributed by atoms with Crippen LogP contribution in [0.4, 0.5) is 4.79 Å². The van der Waals surface area contributed by atoms with E-state index in [0.717, 1.165) is 19.3 Å². The molecule has 1 fully saturated rings. The third-order valence-corrected chi connectivity index (χ3v) is 5.64. The Kier molecular flexibility index (Phi) is 4.93. The van der Waals surface area contributed by atoms with Crippen LogP contribution in [-0.4, -0.2) is 12.2 Å². The summed E-state index contributed by atoms with van der Waals surface area (Å²) in [7, 11) is 0. The second-order valence-electron chi connectivity index (χ2n) is 7.70. The average Bonchev–Trinajstić information content (AvgIpc) is 2.90. The molecule has 3 nitrogen and oxygen atoms in total. The summed E-state index contributed by atoms with van der Waals surface area (Å²) in [5.41, 5.74) is 2.60. The van der Waals surface area contributed by atoms with E-state index in [0.29, 0.717) is 17.8 Å². The Labute approximate surface area is 139 Å². The molecule has 1 amide bonds. The number of nitrogens with one attached hydrogen (secondary N) is 1. The summed E-state index contributed by atoms with van der Waals surface area (Å²) in [5, 5.41) is 3.10. The van der Waals surface area contributed by atoms with Gasteiger partial charge in [0.25, 0.3) is 0 Å². The molecule has 0 radical (unpaired) electrons. The molecule has 1 saturated carbocycles. The van der Waals surface area contributed by atoms with Gasteiger partial charge in [-0.1, -0.05) is 51.5 Å². The van der Waals surface area contributed by atoms with Crippen LogP contribution < -0.4 is 5.32 Å². The Morgan fingerprint density at radius 3 is 2.78 bits per heavy atom. The topological polar surface area (TPSA) is 38.3 Å². The number of hydrogen-bond donors (Lipinski definition) is 1. The number of aryl methyl sites for hydroxylation is 1. The maximum atomic E-state index is 12.4. The quantitative estimate of drug-likeness (QED) is 0.865. The smallest absolute Gasteiger partial charge is 0.407 e. The lowest BCUT2D eigenvalue weighted by Gasteiger charge is -2.36. The van der Waals surface area contributed by atoms with Gasteiger partial charge < -0.3 is 10.1 Å². The van der Waals surface area contributed by atoms with E-state index in [9.17, 15) is 4.79 Å². The van der Waals surface area contributed by atoms with Gasteiger partial charge in [-0.15, -0.1) is 0 Å². The van der Waals surface area contributed by atoms with Gasteiger partial charge >= 0.3 is 6.09 Å².